The molecule has 0 aromatic heterocycles. The van der Waals surface area contributed by atoms with Crippen molar-refractivity contribution in [2.75, 3.05) is 30.7 Å². The van der Waals surface area contributed by atoms with Gasteiger partial charge in [-0.1, -0.05) is 47.8 Å². The Morgan fingerprint density at radius 1 is 1.18 bits per heavy atom. The van der Waals surface area contributed by atoms with E-state index < -0.39 is 5.92 Å². The van der Waals surface area contributed by atoms with Gasteiger partial charge in [0.15, 0.2) is 0 Å². The molecule has 0 aliphatic carbocycles. The van der Waals surface area contributed by atoms with Gasteiger partial charge >= 0.3 is 0 Å². The summed E-state index contributed by atoms with van der Waals surface area (Å²) >= 11 is 18.5. The number of hydrogen-bond donors (Lipinski definition) is 2. The van der Waals surface area contributed by atoms with Crippen molar-refractivity contribution in [3.05, 3.63) is 57.0 Å². The number of nitrogens with one attached hydrogen (secondary N) is 1. The van der Waals surface area contributed by atoms with Gasteiger partial charge in [-0.15, -0.1) is 0 Å². The number of anilines is 2. The molecule has 3 N–H and O–H groups in total. The van der Waals surface area contributed by atoms with E-state index in [0.717, 1.165) is 37.2 Å². The van der Waals surface area contributed by atoms with E-state index in [1.807, 2.05) is 29.2 Å². The highest BCUT2D eigenvalue weighted by molar-refractivity contribution is 6.39. The molecular formula is C21H24Cl3N3O. The van der Waals surface area contributed by atoms with Crippen LogP contribution in [0.5, 0.6) is 0 Å². The summed E-state index contributed by atoms with van der Waals surface area (Å²) in [5, 5.41) is 4.67. The zero-order valence-corrected chi connectivity index (χ0v) is 18.0. The summed E-state index contributed by atoms with van der Waals surface area (Å²) in [6.45, 7) is 4.16. The normalized spacial score (nSPS) is 16.1. The molecule has 1 heterocycles. The second-order valence-corrected chi connectivity index (χ2v) is 8.60. The summed E-state index contributed by atoms with van der Waals surface area (Å²) in [5.74, 6) is 0.286. The number of halogens is 3. The van der Waals surface area contributed by atoms with Gasteiger partial charge in [-0.05, 0) is 54.7 Å². The van der Waals surface area contributed by atoms with E-state index in [4.69, 9.17) is 40.5 Å². The number of hydrogen-bond acceptors (Lipinski definition) is 3. The highest BCUT2D eigenvalue weighted by Crippen LogP contribution is 2.33. The predicted molar refractivity (Wildman–Crippen MR) is 119 cm³/mol. The molecule has 2 aromatic rings. The molecule has 1 aliphatic heterocycles. The quantitative estimate of drug-likeness (QED) is 0.588. The Morgan fingerprint density at radius 2 is 1.82 bits per heavy atom. The van der Waals surface area contributed by atoms with E-state index >= 15 is 0 Å². The van der Waals surface area contributed by atoms with Gasteiger partial charge in [0, 0.05) is 30.3 Å². The van der Waals surface area contributed by atoms with Crippen molar-refractivity contribution in [2.24, 2.45) is 5.92 Å². The Kier molecular flexibility index (Phi) is 6.97. The maximum Gasteiger partial charge on any atom is 0.231 e. The molecule has 1 aliphatic rings. The standard InChI is InChI=1S/C21H24Cl3N3O/c1-13-5-7-27(8-6-13)21(28)17(12-26-16-4-2-3-15(22)11-16)14-9-18(23)20(25)19(24)10-14/h2-4,9-11,13,17,26H,5-8,12,25H2,1H3. The SMILES string of the molecule is CC1CCN(C(=O)C(CNc2cccc(Cl)c2)c2cc(Cl)c(N)c(Cl)c2)CC1. The van der Waals surface area contributed by atoms with Crippen LogP contribution in [0.15, 0.2) is 36.4 Å². The molecule has 0 saturated carbocycles. The van der Waals surface area contributed by atoms with E-state index in [1.54, 1.807) is 12.1 Å². The molecule has 0 spiro atoms. The number of nitrogens with zero attached hydrogens (tertiary/aromatic N) is 1. The van der Waals surface area contributed by atoms with Crippen LogP contribution in [0.4, 0.5) is 11.4 Å². The highest BCUT2D eigenvalue weighted by atomic mass is 35.5. The Morgan fingerprint density at radius 3 is 2.43 bits per heavy atom. The Bertz CT molecular complexity index is 828. The number of nitrogens with two attached hydrogens (primary N) is 1. The molecule has 7 heteroatoms. The summed E-state index contributed by atoms with van der Waals surface area (Å²) in [6.07, 6.45) is 2.03. The van der Waals surface area contributed by atoms with Gasteiger partial charge in [0.25, 0.3) is 0 Å². The molecule has 28 heavy (non-hydrogen) atoms. The molecule has 1 saturated heterocycles. The van der Waals surface area contributed by atoms with Crippen LogP contribution in [0.25, 0.3) is 0 Å². The van der Waals surface area contributed by atoms with E-state index in [-0.39, 0.29) is 5.91 Å². The van der Waals surface area contributed by atoms with Crippen LogP contribution < -0.4 is 11.1 Å². The molecule has 4 nitrogen and oxygen atoms in total. The largest absolute Gasteiger partial charge is 0.396 e. The number of amides is 1. The number of carbonyl (C=O) groups is 1. The summed E-state index contributed by atoms with van der Waals surface area (Å²) in [6, 6.07) is 10.9. The minimum Gasteiger partial charge on any atom is -0.396 e. The minimum absolute atomic E-state index is 0.0679. The van der Waals surface area contributed by atoms with Crippen molar-refractivity contribution in [3.8, 4) is 0 Å². The van der Waals surface area contributed by atoms with Crippen LogP contribution in [0.2, 0.25) is 15.1 Å². The lowest BCUT2D eigenvalue weighted by Gasteiger charge is -2.33. The Hall–Kier alpha value is -1.62. The smallest absolute Gasteiger partial charge is 0.231 e. The third-order valence-corrected chi connectivity index (χ3v) is 6.09. The van der Waals surface area contributed by atoms with Crippen molar-refractivity contribution >= 4 is 52.1 Å². The van der Waals surface area contributed by atoms with Crippen LogP contribution in [-0.4, -0.2) is 30.4 Å². The molecule has 0 radical (unpaired) electrons. The van der Waals surface area contributed by atoms with Crippen molar-refractivity contribution in [2.45, 2.75) is 25.7 Å². The van der Waals surface area contributed by atoms with Crippen LogP contribution in [0.3, 0.4) is 0 Å². The predicted octanol–water partition coefficient (Wildman–Crippen LogP) is 5.68. The highest BCUT2D eigenvalue weighted by Gasteiger charge is 2.29. The van der Waals surface area contributed by atoms with Gasteiger partial charge in [0.2, 0.25) is 5.91 Å². The van der Waals surface area contributed by atoms with E-state index in [9.17, 15) is 4.79 Å². The molecule has 1 atom stereocenters. The van der Waals surface area contributed by atoms with Crippen LogP contribution in [-0.2, 0) is 4.79 Å². The van der Waals surface area contributed by atoms with Crippen molar-refractivity contribution < 1.29 is 4.79 Å². The van der Waals surface area contributed by atoms with Crippen LogP contribution in [0, 0.1) is 5.92 Å². The fourth-order valence-corrected chi connectivity index (χ4v) is 4.11. The van der Waals surface area contributed by atoms with Gasteiger partial charge in [-0.25, -0.2) is 0 Å². The Labute approximate surface area is 180 Å². The molecule has 150 valence electrons. The zero-order valence-electron chi connectivity index (χ0n) is 15.7. The molecule has 3 rings (SSSR count). The van der Waals surface area contributed by atoms with Crippen molar-refractivity contribution in [1.29, 1.82) is 0 Å². The van der Waals surface area contributed by atoms with E-state index in [1.165, 1.54) is 0 Å². The number of benzene rings is 2. The van der Waals surface area contributed by atoms with E-state index in [0.29, 0.717) is 33.2 Å². The second-order valence-electron chi connectivity index (χ2n) is 7.35. The summed E-state index contributed by atoms with van der Waals surface area (Å²) in [5.41, 5.74) is 7.81. The molecule has 2 aromatic carbocycles. The maximum atomic E-state index is 13.3. The van der Waals surface area contributed by atoms with Crippen molar-refractivity contribution in [1.82, 2.24) is 4.90 Å². The number of piperidine rings is 1. The maximum absolute atomic E-state index is 13.3. The van der Waals surface area contributed by atoms with Gasteiger partial charge in [-0.2, -0.15) is 0 Å². The molecule has 1 unspecified atom stereocenters. The molecule has 1 amide bonds. The first-order valence-corrected chi connectivity index (χ1v) is 10.5. The third kappa shape index (κ3) is 5.05. The number of likely N-dealkylation sites (tertiary alicyclic amines) is 1. The lowest BCUT2D eigenvalue weighted by Crippen LogP contribution is -2.42. The molecule has 1 fully saturated rings. The lowest BCUT2D eigenvalue weighted by atomic mass is 9.93. The third-order valence-electron chi connectivity index (χ3n) is 5.23. The molecule has 0 bridgehead atoms. The molecular weight excluding hydrogens is 417 g/mol. The first kappa shape index (κ1) is 21.1. The Balaban J connectivity index is 1.86. The zero-order chi connectivity index (χ0) is 20.3. The first-order valence-electron chi connectivity index (χ1n) is 9.37. The van der Waals surface area contributed by atoms with Gasteiger partial charge in [-0.3, -0.25) is 4.79 Å². The van der Waals surface area contributed by atoms with Crippen LogP contribution in [0.1, 0.15) is 31.2 Å². The topological polar surface area (TPSA) is 58.4 Å². The average Bonchev–Trinajstić information content (AvgIpc) is 2.66. The number of rotatable bonds is 5. The number of nitrogen functional groups attached to an aromatic ring is 1. The number of carbonyl (C=O) groups excluding carboxylic acids is 1. The first-order chi connectivity index (χ1) is 13.3. The summed E-state index contributed by atoms with van der Waals surface area (Å²) < 4.78 is 0. The summed E-state index contributed by atoms with van der Waals surface area (Å²) in [4.78, 5) is 15.3. The summed E-state index contributed by atoms with van der Waals surface area (Å²) in [7, 11) is 0. The minimum atomic E-state index is -0.428. The van der Waals surface area contributed by atoms with Crippen LogP contribution >= 0.6 is 34.8 Å². The average molecular weight is 441 g/mol. The fraction of sp³-hybridized carbons (Fsp3) is 0.381. The van der Waals surface area contributed by atoms with Gasteiger partial charge in [0.05, 0.1) is 21.7 Å². The van der Waals surface area contributed by atoms with Crippen molar-refractivity contribution in [3.63, 3.8) is 0 Å². The van der Waals surface area contributed by atoms with Gasteiger partial charge < -0.3 is 16.0 Å². The monoisotopic (exact) mass is 439 g/mol. The van der Waals surface area contributed by atoms with Gasteiger partial charge in [0.1, 0.15) is 0 Å². The second kappa shape index (κ2) is 9.25. The van der Waals surface area contributed by atoms with E-state index in [2.05, 4.69) is 12.2 Å². The lowest BCUT2D eigenvalue weighted by molar-refractivity contribution is -0.133. The fourth-order valence-electron chi connectivity index (χ4n) is 3.42.